The molecule has 0 saturated heterocycles. The van der Waals surface area contributed by atoms with Crippen LogP contribution in [0.25, 0.3) is 6.08 Å². The largest absolute Gasteiger partial charge is 0.493 e. The first kappa shape index (κ1) is 18.7. The second kappa shape index (κ2) is 7.38. The van der Waals surface area contributed by atoms with Crippen LogP contribution in [-0.2, 0) is 17.8 Å². The van der Waals surface area contributed by atoms with Crippen LogP contribution in [-0.4, -0.2) is 36.1 Å². The van der Waals surface area contributed by atoms with Gasteiger partial charge in [-0.2, -0.15) is 0 Å². The third-order valence-electron chi connectivity index (χ3n) is 5.87. The third-order valence-corrected chi connectivity index (χ3v) is 5.87. The van der Waals surface area contributed by atoms with Crippen LogP contribution in [0.2, 0.25) is 0 Å². The summed E-state index contributed by atoms with van der Waals surface area (Å²) < 4.78 is 13.2. The Morgan fingerprint density at radius 1 is 1.07 bits per heavy atom. The van der Waals surface area contributed by atoms with Crippen molar-refractivity contribution in [2.75, 3.05) is 20.8 Å². The highest BCUT2D eigenvalue weighted by molar-refractivity contribution is 5.92. The van der Waals surface area contributed by atoms with Gasteiger partial charge in [0, 0.05) is 36.6 Å². The van der Waals surface area contributed by atoms with E-state index in [1.54, 1.807) is 20.3 Å². The summed E-state index contributed by atoms with van der Waals surface area (Å²) in [5, 5.41) is 0. The van der Waals surface area contributed by atoms with E-state index in [9.17, 15) is 4.79 Å². The molecule has 1 aromatic heterocycles. The van der Waals surface area contributed by atoms with Crippen molar-refractivity contribution in [2.24, 2.45) is 0 Å². The summed E-state index contributed by atoms with van der Waals surface area (Å²) in [7, 11) is 3.28. The van der Waals surface area contributed by atoms with Crippen molar-refractivity contribution in [3.05, 3.63) is 52.4 Å². The monoisotopic (exact) mass is 380 g/mol. The molecule has 0 radical (unpaired) electrons. The first-order chi connectivity index (χ1) is 13.5. The van der Waals surface area contributed by atoms with E-state index >= 15 is 0 Å². The Morgan fingerprint density at radius 2 is 1.75 bits per heavy atom. The number of fused-ring (bicyclic) bond motifs is 1. The molecule has 0 spiro atoms. The molecule has 28 heavy (non-hydrogen) atoms. The number of carbonyl (C=O) groups is 1. The van der Waals surface area contributed by atoms with Gasteiger partial charge in [-0.1, -0.05) is 0 Å². The Hall–Kier alpha value is -2.69. The maximum absolute atomic E-state index is 12.8. The lowest BCUT2D eigenvalue weighted by atomic mass is 9.98. The maximum atomic E-state index is 12.8. The van der Waals surface area contributed by atoms with Gasteiger partial charge in [0.2, 0.25) is 5.91 Å². The second-order valence-corrected chi connectivity index (χ2v) is 7.75. The molecule has 1 aliphatic heterocycles. The number of ether oxygens (including phenoxy) is 2. The lowest BCUT2D eigenvalue weighted by molar-refractivity contribution is -0.126. The summed E-state index contributed by atoms with van der Waals surface area (Å²) in [5.41, 5.74) is 6.02. The Labute approximate surface area is 166 Å². The Kier molecular flexibility index (Phi) is 4.92. The van der Waals surface area contributed by atoms with Crippen LogP contribution >= 0.6 is 0 Å². The summed E-state index contributed by atoms with van der Waals surface area (Å²) in [5.74, 6) is 1.50. The first-order valence-electron chi connectivity index (χ1n) is 9.91. The van der Waals surface area contributed by atoms with Crippen molar-refractivity contribution >= 4 is 12.0 Å². The zero-order valence-electron chi connectivity index (χ0n) is 17.1. The predicted octanol–water partition coefficient (Wildman–Crippen LogP) is 4.06. The minimum Gasteiger partial charge on any atom is -0.493 e. The van der Waals surface area contributed by atoms with E-state index in [2.05, 4.69) is 24.5 Å². The molecule has 4 rings (SSSR count). The van der Waals surface area contributed by atoms with Crippen molar-refractivity contribution in [3.8, 4) is 11.5 Å². The van der Waals surface area contributed by atoms with Gasteiger partial charge in [0.25, 0.3) is 0 Å². The molecule has 5 nitrogen and oxygen atoms in total. The number of nitrogens with zero attached hydrogens (tertiary/aromatic N) is 2. The average Bonchev–Trinajstić information content (AvgIpc) is 3.49. The number of rotatable bonds is 5. The number of aromatic nitrogens is 1. The molecule has 1 aliphatic carbocycles. The fraction of sp³-hybridized carbons (Fsp3) is 0.435. The quantitative estimate of drug-likeness (QED) is 0.735. The number of benzene rings is 1. The minimum absolute atomic E-state index is 0.0525. The van der Waals surface area contributed by atoms with Gasteiger partial charge in [0.15, 0.2) is 11.5 Å². The van der Waals surface area contributed by atoms with Gasteiger partial charge in [-0.3, -0.25) is 4.79 Å². The van der Waals surface area contributed by atoms with Crippen LogP contribution in [0.4, 0.5) is 0 Å². The van der Waals surface area contributed by atoms with Gasteiger partial charge in [0.1, 0.15) is 0 Å². The molecule has 1 amide bonds. The second-order valence-electron chi connectivity index (χ2n) is 7.75. The molecule has 0 N–H and O–H groups in total. The summed E-state index contributed by atoms with van der Waals surface area (Å²) >= 11 is 0. The molecule has 2 heterocycles. The van der Waals surface area contributed by atoms with E-state index in [0.717, 1.165) is 23.3 Å². The molecule has 148 valence electrons. The van der Waals surface area contributed by atoms with E-state index in [0.29, 0.717) is 24.9 Å². The summed E-state index contributed by atoms with van der Waals surface area (Å²) in [6.45, 7) is 5.60. The molecule has 1 saturated carbocycles. The SMILES string of the molecule is COc1cc2c(cc1OC)CN(C(=O)C=Cc1cc(C)n(C3CC3)c1C)CC2. The highest BCUT2D eigenvalue weighted by atomic mass is 16.5. The Balaban J connectivity index is 1.49. The van der Waals surface area contributed by atoms with Gasteiger partial charge >= 0.3 is 0 Å². The number of aryl methyl sites for hydroxylation is 1. The smallest absolute Gasteiger partial charge is 0.246 e. The van der Waals surface area contributed by atoms with Crippen molar-refractivity contribution < 1.29 is 14.3 Å². The number of hydrogen-bond acceptors (Lipinski definition) is 3. The molecule has 0 bridgehead atoms. The van der Waals surface area contributed by atoms with Crippen LogP contribution in [0, 0.1) is 13.8 Å². The third kappa shape index (κ3) is 3.41. The number of carbonyl (C=O) groups excluding carboxylic acids is 1. The molecular weight excluding hydrogens is 352 g/mol. The van der Waals surface area contributed by atoms with E-state index in [-0.39, 0.29) is 5.91 Å². The molecule has 2 aromatic rings. The fourth-order valence-electron chi connectivity index (χ4n) is 4.20. The van der Waals surface area contributed by atoms with Gasteiger partial charge in [-0.25, -0.2) is 0 Å². The van der Waals surface area contributed by atoms with E-state index < -0.39 is 0 Å². The van der Waals surface area contributed by atoms with Crippen molar-refractivity contribution in [1.82, 2.24) is 9.47 Å². The average molecular weight is 380 g/mol. The molecule has 5 heteroatoms. The van der Waals surface area contributed by atoms with Crippen LogP contribution < -0.4 is 9.47 Å². The number of methoxy groups -OCH3 is 2. The highest BCUT2D eigenvalue weighted by Gasteiger charge is 2.26. The van der Waals surface area contributed by atoms with Crippen molar-refractivity contribution in [3.63, 3.8) is 0 Å². The van der Waals surface area contributed by atoms with Gasteiger partial charge in [0.05, 0.1) is 14.2 Å². The fourth-order valence-corrected chi connectivity index (χ4v) is 4.20. The van der Waals surface area contributed by atoms with Crippen molar-refractivity contribution in [1.29, 1.82) is 0 Å². The highest BCUT2D eigenvalue weighted by Crippen LogP contribution is 2.38. The molecule has 0 atom stereocenters. The molecule has 0 unspecified atom stereocenters. The predicted molar refractivity (Wildman–Crippen MR) is 110 cm³/mol. The number of amides is 1. The molecular formula is C23H28N2O3. The molecule has 1 fully saturated rings. The minimum atomic E-state index is 0.0525. The van der Waals surface area contributed by atoms with E-state index in [4.69, 9.17) is 9.47 Å². The Morgan fingerprint density at radius 3 is 2.39 bits per heavy atom. The van der Waals surface area contributed by atoms with Crippen LogP contribution in [0.5, 0.6) is 11.5 Å². The summed E-state index contributed by atoms with van der Waals surface area (Å²) in [6, 6.07) is 6.85. The maximum Gasteiger partial charge on any atom is 0.246 e. The summed E-state index contributed by atoms with van der Waals surface area (Å²) in [6.07, 6.45) is 7.03. The van der Waals surface area contributed by atoms with Crippen LogP contribution in [0.3, 0.4) is 0 Å². The van der Waals surface area contributed by atoms with Gasteiger partial charge in [-0.05, 0) is 74.1 Å². The van der Waals surface area contributed by atoms with Gasteiger partial charge in [-0.15, -0.1) is 0 Å². The molecule has 1 aromatic carbocycles. The van der Waals surface area contributed by atoms with E-state index in [1.807, 2.05) is 23.1 Å². The summed E-state index contributed by atoms with van der Waals surface area (Å²) in [4.78, 5) is 14.7. The normalized spacial score (nSPS) is 16.4. The van der Waals surface area contributed by atoms with Crippen LogP contribution in [0.15, 0.2) is 24.3 Å². The lowest BCUT2D eigenvalue weighted by Gasteiger charge is -2.28. The lowest BCUT2D eigenvalue weighted by Crippen LogP contribution is -2.34. The zero-order chi connectivity index (χ0) is 19.8. The topological polar surface area (TPSA) is 43.7 Å². The number of hydrogen-bond donors (Lipinski definition) is 0. The van der Waals surface area contributed by atoms with Crippen LogP contribution in [0.1, 0.15) is 47.0 Å². The standard InChI is InChI=1S/C23H28N2O3/c1-15-11-17(16(2)25(15)20-6-7-20)5-8-23(26)24-10-9-18-12-21(27-3)22(28-4)13-19(18)14-24/h5,8,11-13,20H,6-7,9-10,14H2,1-4H3. The van der Waals surface area contributed by atoms with Crippen molar-refractivity contribution in [2.45, 2.75) is 45.7 Å². The Bertz CT molecular complexity index is 938. The first-order valence-corrected chi connectivity index (χ1v) is 9.91. The van der Waals surface area contributed by atoms with E-state index in [1.165, 1.54) is 29.8 Å². The zero-order valence-corrected chi connectivity index (χ0v) is 17.1. The molecule has 2 aliphatic rings. The van der Waals surface area contributed by atoms with Gasteiger partial charge < -0.3 is 18.9 Å².